The molecule has 0 unspecified atom stereocenters. The van der Waals surface area contributed by atoms with Crippen LogP contribution in [0.4, 0.5) is 0 Å². The van der Waals surface area contributed by atoms with Gasteiger partial charge in [-0.05, 0) is 19.2 Å². The minimum atomic E-state index is 0.266. The molecule has 0 radical (unpaired) electrons. The molecule has 2 aromatic carbocycles. The fourth-order valence-corrected chi connectivity index (χ4v) is 2.60. The number of benzene rings is 2. The van der Waals surface area contributed by atoms with Crippen molar-refractivity contribution in [3.63, 3.8) is 0 Å². The Morgan fingerprint density at radius 2 is 1.90 bits per heavy atom. The Labute approximate surface area is 132 Å². The molecule has 0 amide bonds. The summed E-state index contributed by atoms with van der Waals surface area (Å²) in [4.78, 5) is 0. The van der Waals surface area contributed by atoms with Gasteiger partial charge in [-0.25, -0.2) is 0 Å². The number of rotatable bonds is 5. The van der Waals surface area contributed by atoms with Gasteiger partial charge in [-0.2, -0.15) is 0 Å². The van der Waals surface area contributed by atoms with E-state index in [0.717, 1.165) is 32.8 Å². The van der Waals surface area contributed by atoms with Gasteiger partial charge in [0.2, 0.25) is 6.79 Å². The normalized spacial score (nSPS) is 12.5. The topological polar surface area (TPSA) is 39.7 Å². The fraction of sp³-hybridized carbons (Fsp3) is 0.250. The Kier molecular flexibility index (Phi) is 4.31. The summed E-state index contributed by atoms with van der Waals surface area (Å²) < 4.78 is 17.8. The van der Waals surface area contributed by atoms with Crippen LogP contribution >= 0.6 is 15.9 Å². The van der Waals surface area contributed by atoms with Crippen LogP contribution in [0.25, 0.3) is 0 Å². The van der Waals surface area contributed by atoms with E-state index in [-0.39, 0.29) is 6.79 Å². The summed E-state index contributed by atoms with van der Waals surface area (Å²) in [6, 6.07) is 11.9. The predicted molar refractivity (Wildman–Crippen MR) is 83.8 cm³/mol. The maximum Gasteiger partial charge on any atom is 0.231 e. The van der Waals surface area contributed by atoms with Gasteiger partial charge in [0.15, 0.2) is 11.5 Å². The van der Waals surface area contributed by atoms with Crippen LogP contribution in [-0.2, 0) is 13.2 Å². The van der Waals surface area contributed by atoms with E-state index in [4.69, 9.17) is 14.2 Å². The minimum absolute atomic E-state index is 0.266. The van der Waals surface area contributed by atoms with Gasteiger partial charge in [-0.3, -0.25) is 0 Å². The highest BCUT2D eigenvalue weighted by Crippen LogP contribution is 2.38. The molecule has 2 aromatic rings. The van der Waals surface area contributed by atoms with Gasteiger partial charge in [-0.15, -0.1) is 0 Å². The van der Waals surface area contributed by atoms with Crippen molar-refractivity contribution in [2.24, 2.45) is 0 Å². The molecule has 3 rings (SSSR count). The van der Waals surface area contributed by atoms with E-state index in [2.05, 4.69) is 21.2 Å². The second-order valence-corrected chi connectivity index (χ2v) is 5.58. The van der Waals surface area contributed by atoms with Crippen LogP contribution < -0.4 is 19.5 Å². The SMILES string of the molecule is CNCc1cc2c(cc1OCc1ccccc1Br)OCO2. The van der Waals surface area contributed by atoms with E-state index >= 15 is 0 Å². The zero-order chi connectivity index (χ0) is 14.7. The lowest BCUT2D eigenvalue weighted by atomic mass is 10.1. The van der Waals surface area contributed by atoms with E-state index < -0.39 is 0 Å². The third kappa shape index (κ3) is 3.14. The molecule has 5 heteroatoms. The van der Waals surface area contributed by atoms with Gasteiger partial charge in [0.25, 0.3) is 0 Å². The highest BCUT2D eigenvalue weighted by molar-refractivity contribution is 9.10. The third-order valence-corrected chi connectivity index (χ3v) is 4.04. The molecule has 1 heterocycles. The summed E-state index contributed by atoms with van der Waals surface area (Å²) in [5, 5.41) is 3.14. The smallest absolute Gasteiger partial charge is 0.231 e. The van der Waals surface area contributed by atoms with E-state index in [1.54, 1.807) is 0 Å². The van der Waals surface area contributed by atoms with Gasteiger partial charge < -0.3 is 19.5 Å². The number of hydrogen-bond donors (Lipinski definition) is 1. The molecule has 1 aliphatic heterocycles. The summed E-state index contributed by atoms with van der Waals surface area (Å²) in [5.41, 5.74) is 2.15. The molecular weight excluding hydrogens is 334 g/mol. The molecule has 0 saturated heterocycles. The van der Waals surface area contributed by atoms with Crippen LogP contribution in [0.3, 0.4) is 0 Å². The van der Waals surface area contributed by atoms with Crippen LogP contribution in [0.15, 0.2) is 40.9 Å². The number of hydrogen-bond acceptors (Lipinski definition) is 4. The monoisotopic (exact) mass is 349 g/mol. The lowest BCUT2D eigenvalue weighted by Crippen LogP contribution is -2.08. The van der Waals surface area contributed by atoms with Crippen LogP contribution in [-0.4, -0.2) is 13.8 Å². The molecule has 0 fully saturated rings. The van der Waals surface area contributed by atoms with Crippen molar-refractivity contribution in [2.75, 3.05) is 13.8 Å². The fourth-order valence-electron chi connectivity index (χ4n) is 2.20. The number of ether oxygens (including phenoxy) is 3. The van der Waals surface area contributed by atoms with E-state index in [9.17, 15) is 0 Å². The second kappa shape index (κ2) is 6.37. The number of halogens is 1. The summed E-state index contributed by atoms with van der Waals surface area (Å²) in [6.07, 6.45) is 0. The van der Waals surface area contributed by atoms with Gasteiger partial charge in [0.1, 0.15) is 12.4 Å². The molecule has 1 aliphatic rings. The summed E-state index contributed by atoms with van der Waals surface area (Å²) in [6.45, 7) is 1.47. The van der Waals surface area contributed by atoms with Gasteiger partial charge in [0.05, 0.1) is 0 Å². The quantitative estimate of drug-likeness (QED) is 0.896. The minimum Gasteiger partial charge on any atom is -0.488 e. The molecular formula is C16H16BrNO3. The van der Waals surface area contributed by atoms with E-state index in [1.807, 2.05) is 43.4 Å². The molecule has 110 valence electrons. The summed E-state index contributed by atoms with van der Waals surface area (Å²) >= 11 is 3.53. The molecule has 0 bridgehead atoms. The number of nitrogens with one attached hydrogen (secondary N) is 1. The molecule has 0 spiro atoms. The predicted octanol–water partition coefficient (Wildman–Crippen LogP) is 3.48. The highest BCUT2D eigenvalue weighted by atomic mass is 79.9. The third-order valence-electron chi connectivity index (χ3n) is 3.26. The van der Waals surface area contributed by atoms with Gasteiger partial charge in [-0.1, -0.05) is 34.1 Å². The van der Waals surface area contributed by atoms with E-state index in [0.29, 0.717) is 13.2 Å². The second-order valence-electron chi connectivity index (χ2n) is 4.72. The molecule has 0 saturated carbocycles. The van der Waals surface area contributed by atoms with Crippen molar-refractivity contribution in [1.82, 2.24) is 5.32 Å². The van der Waals surface area contributed by atoms with Gasteiger partial charge in [0, 0.05) is 28.2 Å². The largest absolute Gasteiger partial charge is 0.488 e. The Hall–Kier alpha value is -1.72. The van der Waals surface area contributed by atoms with Crippen molar-refractivity contribution in [3.05, 3.63) is 52.0 Å². The van der Waals surface area contributed by atoms with Crippen molar-refractivity contribution in [2.45, 2.75) is 13.2 Å². The first-order valence-electron chi connectivity index (χ1n) is 6.71. The molecule has 0 aromatic heterocycles. The average molecular weight is 350 g/mol. The molecule has 1 N–H and O–H groups in total. The van der Waals surface area contributed by atoms with Crippen molar-refractivity contribution in [3.8, 4) is 17.2 Å². The van der Waals surface area contributed by atoms with Crippen LogP contribution in [0.5, 0.6) is 17.2 Å². The maximum absolute atomic E-state index is 5.98. The zero-order valence-electron chi connectivity index (χ0n) is 11.7. The first kappa shape index (κ1) is 14.2. The first-order chi connectivity index (χ1) is 10.3. The Morgan fingerprint density at radius 1 is 1.14 bits per heavy atom. The number of fused-ring (bicyclic) bond motifs is 1. The Balaban J connectivity index is 1.82. The first-order valence-corrected chi connectivity index (χ1v) is 7.50. The molecule has 4 nitrogen and oxygen atoms in total. The summed E-state index contributed by atoms with van der Waals surface area (Å²) in [5.74, 6) is 2.31. The lowest BCUT2D eigenvalue weighted by Gasteiger charge is -2.13. The van der Waals surface area contributed by atoms with Crippen molar-refractivity contribution < 1.29 is 14.2 Å². The van der Waals surface area contributed by atoms with Crippen molar-refractivity contribution >= 4 is 15.9 Å². The standard InChI is InChI=1S/C16H16BrNO3/c1-18-8-12-6-15-16(21-10-20-15)7-14(12)19-9-11-4-2-3-5-13(11)17/h2-7,18H,8-10H2,1H3. The molecule has 0 aliphatic carbocycles. The van der Waals surface area contributed by atoms with Crippen LogP contribution in [0.1, 0.15) is 11.1 Å². The van der Waals surface area contributed by atoms with Gasteiger partial charge >= 0.3 is 0 Å². The van der Waals surface area contributed by atoms with Crippen molar-refractivity contribution in [1.29, 1.82) is 0 Å². The lowest BCUT2D eigenvalue weighted by molar-refractivity contribution is 0.173. The molecule has 21 heavy (non-hydrogen) atoms. The zero-order valence-corrected chi connectivity index (χ0v) is 13.3. The van der Waals surface area contributed by atoms with Crippen LogP contribution in [0.2, 0.25) is 0 Å². The maximum atomic E-state index is 5.98. The Bertz CT molecular complexity index is 645. The van der Waals surface area contributed by atoms with Crippen LogP contribution in [0, 0.1) is 0 Å². The highest BCUT2D eigenvalue weighted by Gasteiger charge is 2.18. The molecule has 0 atom stereocenters. The Morgan fingerprint density at radius 3 is 2.67 bits per heavy atom. The van der Waals surface area contributed by atoms with E-state index in [1.165, 1.54) is 0 Å². The average Bonchev–Trinajstić information content (AvgIpc) is 2.94. The summed E-state index contributed by atoms with van der Waals surface area (Å²) in [7, 11) is 1.90.